The summed E-state index contributed by atoms with van der Waals surface area (Å²) < 4.78 is 5.01. The molecule has 0 unspecified atom stereocenters. The molecular weight excluding hydrogens is 262 g/mol. The molecule has 0 spiro atoms. The number of nitrogens with one attached hydrogen (secondary N) is 1. The number of anilines is 1. The molecule has 0 saturated carbocycles. The molecule has 0 aliphatic carbocycles. The van der Waals surface area contributed by atoms with Crippen LogP contribution < -0.4 is 11.3 Å². The molecule has 2 aromatic rings. The number of methoxy groups -OCH3 is 1. The number of rotatable bonds is 5. The van der Waals surface area contributed by atoms with E-state index in [-0.39, 0.29) is 5.69 Å². The van der Waals surface area contributed by atoms with Gasteiger partial charge in [-0.2, -0.15) is 0 Å². The molecule has 0 bridgehead atoms. The van der Waals surface area contributed by atoms with Crippen molar-refractivity contribution < 1.29 is 9.66 Å². The van der Waals surface area contributed by atoms with Gasteiger partial charge in [-0.3, -0.25) is 10.1 Å². The van der Waals surface area contributed by atoms with E-state index >= 15 is 0 Å². The van der Waals surface area contributed by atoms with Crippen molar-refractivity contribution in [3.05, 3.63) is 46.1 Å². The average molecular weight is 275 g/mol. The maximum atomic E-state index is 10.8. The van der Waals surface area contributed by atoms with Crippen LogP contribution in [0.1, 0.15) is 5.69 Å². The first-order valence-electron chi connectivity index (χ1n) is 5.72. The normalized spacial score (nSPS) is 10.3. The van der Waals surface area contributed by atoms with Crippen molar-refractivity contribution in [3.8, 4) is 11.4 Å². The van der Waals surface area contributed by atoms with Crippen molar-refractivity contribution in [2.75, 3.05) is 12.5 Å². The van der Waals surface area contributed by atoms with Gasteiger partial charge >= 0.3 is 0 Å². The summed E-state index contributed by atoms with van der Waals surface area (Å²) in [7, 11) is 1.55. The van der Waals surface area contributed by atoms with Crippen LogP contribution in [0.25, 0.3) is 11.4 Å². The standard InChI is InChI=1S/C12H13N5O3/c1-20-7-9-6-11(16-13)15-12(14-9)8-3-2-4-10(5-8)17(18)19/h2-6H,7,13H2,1H3,(H,14,15,16). The number of benzene rings is 1. The minimum absolute atomic E-state index is 0.0227. The van der Waals surface area contributed by atoms with Gasteiger partial charge in [-0.15, -0.1) is 0 Å². The van der Waals surface area contributed by atoms with Crippen molar-refractivity contribution in [3.63, 3.8) is 0 Å². The Morgan fingerprint density at radius 3 is 2.85 bits per heavy atom. The number of hydrazine groups is 1. The van der Waals surface area contributed by atoms with Crippen molar-refractivity contribution in [2.24, 2.45) is 5.84 Å². The number of nitrogens with two attached hydrogens (primary N) is 1. The van der Waals surface area contributed by atoms with Crippen LogP contribution in [0, 0.1) is 10.1 Å². The van der Waals surface area contributed by atoms with Crippen LogP contribution in [0.15, 0.2) is 30.3 Å². The van der Waals surface area contributed by atoms with Crippen LogP contribution >= 0.6 is 0 Å². The third-order valence-electron chi connectivity index (χ3n) is 2.53. The quantitative estimate of drug-likeness (QED) is 0.482. The summed E-state index contributed by atoms with van der Waals surface area (Å²) >= 11 is 0. The lowest BCUT2D eigenvalue weighted by Crippen LogP contribution is -2.11. The molecule has 0 aliphatic heterocycles. The molecular formula is C12H13N5O3. The second kappa shape index (κ2) is 6.04. The first-order valence-corrected chi connectivity index (χ1v) is 5.72. The van der Waals surface area contributed by atoms with Gasteiger partial charge in [0.1, 0.15) is 5.82 Å². The number of ether oxygens (including phenoxy) is 1. The third kappa shape index (κ3) is 3.05. The second-order valence-corrected chi connectivity index (χ2v) is 3.95. The predicted molar refractivity (Wildman–Crippen MR) is 72.6 cm³/mol. The van der Waals surface area contributed by atoms with Gasteiger partial charge in [0.25, 0.3) is 5.69 Å². The smallest absolute Gasteiger partial charge is 0.270 e. The molecule has 1 aromatic carbocycles. The Morgan fingerprint density at radius 1 is 1.40 bits per heavy atom. The number of nitrogen functional groups attached to an aromatic ring is 1. The Hall–Kier alpha value is -2.58. The molecule has 0 amide bonds. The highest BCUT2D eigenvalue weighted by atomic mass is 16.6. The van der Waals surface area contributed by atoms with Gasteiger partial charge < -0.3 is 10.2 Å². The van der Waals surface area contributed by atoms with E-state index < -0.39 is 4.92 Å². The molecule has 3 N–H and O–H groups in total. The zero-order valence-electron chi connectivity index (χ0n) is 10.7. The molecule has 0 atom stereocenters. The van der Waals surface area contributed by atoms with E-state index in [1.54, 1.807) is 25.3 Å². The fourth-order valence-electron chi connectivity index (χ4n) is 1.68. The monoisotopic (exact) mass is 275 g/mol. The lowest BCUT2D eigenvalue weighted by atomic mass is 10.2. The maximum absolute atomic E-state index is 10.8. The van der Waals surface area contributed by atoms with E-state index in [0.717, 1.165) is 0 Å². The molecule has 2 rings (SSSR count). The zero-order valence-corrected chi connectivity index (χ0v) is 10.7. The molecule has 8 nitrogen and oxygen atoms in total. The molecule has 0 saturated heterocycles. The highest BCUT2D eigenvalue weighted by Gasteiger charge is 2.11. The zero-order chi connectivity index (χ0) is 14.5. The minimum Gasteiger partial charge on any atom is -0.378 e. The van der Waals surface area contributed by atoms with E-state index in [2.05, 4.69) is 15.4 Å². The molecule has 0 fully saturated rings. The maximum Gasteiger partial charge on any atom is 0.270 e. The van der Waals surface area contributed by atoms with Crippen LogP contribution in [-0.4, -0.2) is 22.0 Å². The van der Waals surface area contributed by atoms with Crippen LogP contribution in [-0.2, 0) is 11.3 Å². The number of nitro benzene ring substituents is 1. The van der Waals surface area contributed by atoms with Gasteiger partial charge in [0, 0.05) is 30.9 Å². The molecule has 8 heteroatoms. The third-order valence-corrected chi connectivity index (χ3v) is 2.53. The van der Waals surface area contributed by atoms with Gasteiger partial charge in [-0.05, 0) is 0 Å². The summed E-state index contributed by atoms with van der Waals surface area (Å²) in [5.41, 5.74) is 3.57. The van der Waals surface area contributed by atoms with Crippen LogP contribution in [0.2, 0.25) is 0 Å². The molecule has 1 heterocycles. The SMILES string of the molecule is COCc1cc(NN)nc(-c2cccc([N+](=O)[O-])c2)n1. The lowest BCUT2D eigenvalue weighted by molar-refractivity contribution is -0.384. The van der Waals surface area contributed by atoms with E-state index in [1.165, 1.54) is 12.1 Å². The van der Waals surface area contributed by atoms with E-state index in [9.17, 15) is 10.1 Å². The minimum atomic E-state index is -0.468. The van der Waals surface area contributed by atoms with Crippen LogP contribution in [0.5, 0.6) is 0 Å². The molecule has 0 aliphatic rings. The summed E-state index contributed by atoms with van der Waals surface area (Å²) in [6, 6.07) is 7.73. The highest BCUT2D eigenvalue weighted by Crippen LogP contribution is 2.22. The number of non-ortho nitro benzene ring substituents is 1. The fourth-order valence-corrected chi connectivity index (χ4v) is 1.68. The summed E-state index contributed by atoms with van der Waals surface area (Å²) in [6.45, 7) is 0.291. The van der Waals surface area contributed by atoms with Crippen LogP contribution in [0.3, 0.4) is 0 Å². The summed E-state index contributed by atoms with van der Waals surface area (Å²) in [5.74, 6) is 6.11. The average Bonchev–Trinajstić information content (AvgIpc) is 2.47. The van der Waals surface area contributed by atoms with Crippen molar-refractivity contribution in [2.45, 2.75) is 6.61 Å². The number of hydrogen-bond donors (Lipinski definition) is 2. The Kier molecular flexibility index (Phi) is 4.18. The Morgan fingerprint density at radius 2 is 2.20 bits per heavy atom. The fraction of sp³-hybridized carbons (Fsp3) is 0.167. The van der Waals surface area contributed by atoms with E-state index in [1.807, 2.05) is 0 Å². The number of nitrogens with zero attached hydrogens (tertiary/aromatic N) is 3. The van der Waals surface area contributed by atoms with Crippen molar-refractivity contribution in [1.29, 1.82) is 0 Å². The summed E-state index contributed by atoms with van der Waals surface area (Å²) in [6.07, 6.45) is 0. The van der Waals surface area contributed by atoms with Crippen molar-refractivity contribution in [1.82, 2.24) is 9.97 Å². The van der Waals surface area contributed by atoms with Gasteiger partial charge in [0.15, 0.2) is 5.82 Å². The number of aromatic nitrogens is 2. The number of hydrogen-bond acceptors (Lipinski definition) is 7. The number of nitro groups is 1. The first-order chi connectivity index (χ1) is 9.63. The van der Waals surface area contributed by atoms with E-state index in [4.69, 9.17) is 10.6 Å². The highest BCUT2D eigenvalue weighted by molar-refractivity contribution is 5.60. The molecule has 104 valence electrons. The van der Waals surface area contributed by atoms with Gasteiger partial charge in [-0.25, -0.2) is 15.8 Å². The summed E-state index contributed by atoms with van der Waals surface area (Å²) in [5, 5.41) is 10.8. The Bertz CT molecular complexity index is 632. The molecule has 1 aromatic heterocycles. The van der Waals surface area contributed by atoms with Gasteiger partial charge in [0.05, 0.1) is 17.2 Å². The largest absolute Gasteiger partial charge is 0.378 e. The second-order valence-electron chi connectivity index (χ2n) is 3.95. The Balaban J connectivity index is 2.48. The molecule has 0 radical (unpaired) electrons. The van der Waals surface area contributed by atoms with E-state index in [0.29, 0.717) is 29.5 Å². The van der Waals surface area contributed by atoms with Crippen molar-refractivity contribution >= 4 is 11.5 Å². The van der Waals surface area contributed by atoms with Gasteiger partial charge in [0.2, 0.25) is 0 Å². The summed E-state index contributed by atoms with van der Waals surface area (Å²) in [4.78, 5) is 18.8. The lowest BCUT2D eigenvalue weighted by Gasteiger charge is -2.07. The first kappa shape index (κ1) is 13.8. The van der Waals surface area contributed by atoms with Gasteiger partial charge in [-0.1, -0.05) is 12.1 Å². The Labute approximate surface area is 114 Å². The molecule has 20 heavy (non-hydrogen) atoms. The topological polar surface area (TPSA) is 116 Å². The van der Waals surface area contributed by atoms with Crippen LogP contribution in [0.4, 0.5) is 11.5 Å². The predicted octanol–water partition coefficient (Wildman–Crippen LogP) is 1.48.